The van der Waals surface area contributed by atoms with E-state index in [4.69, 9.17) is 0 Å². The molecule has 1 fully saturated rings. The number of hydrogen-bond acceptors (Lipinski definition) is 2. The second-order valence-corrected chi connectivity index (χ2v) is 6.30. The average Bonchev–Trinajstić information content (AvgIpc) is 2.61. The van der Waals surface area contributed by atoms with Crippen molar-refractivity contribution >= 4 is 28.6 Å². The van der Waals surface area contributed by atoms with Crippen molar-refractivity contribution in [2.45, 2.75) is 28.9 Å². The molecule has 3 nitrogen and oxygen atoms in total. The minimum atomic E-state index is -0.674. The van der Waals surface area contributed by atoms with Crippen LogP contribution in [-0.2, 0) is 11.8 Å². The van der Waals surface area contributed by atoms with Crippen LogP contribution < -0.4 is 0 Å². The predicted molar refractivity (Wildman–Crippen MR) is 73.0 cm³/mol. The van der Waals surface area contributed by atoms with E-state index in [1.807, 2.05) is 25.4 Å². The van der Waals surface area contributed by atoms with Gasteiger partial charge in [-0.05, 0) is 25.3 Å². The zero-order valence-electron chi connectivity index (χ0n) is 10.2. The quantitative estimate of drug-likeness (QED) is 0.922. The first kappa shape index (κ1) is 11.7. The van der Waals surface area contributed by atoms with Gasteiger partial charge < -0.3 is 9.67 Å². The van der Waals surface area contributed by atoms with Gasteiger partial charge in [-0.3, -0.25) is 4.79 Å². The highest BCUT2D eigenvalue weighted by Gasteiger charge is 2.45. The van der Waals surface area contributed by atoms with Crippen molar-refractivity contribution in [3.05, 3.63) is 30.5 Å². The fourth-order valence-electron chi connectivity index (χ4n) is 2.45. The number of carbonyl (C=O) groups is 1. The number of carboxylic acids is 1. The Hall–Kier alpha value is -1.42. The number of aryl methyl sites for hydroxylation is 1. The van der Waals surface area contributed by atoms with Crippen LogP contribution in [0.3, 0.4) is 0 Å². The second-order valence-electron chi connectivity index (χ2n) is 4.88. The molecule has 3 rings (SSSR count). The molecule has 94 valence electrons. The number of hydrogen-bond donors (Lipinski definition) is 1. The molecule has 0 aliphatic heterocycles. The highest BCUT2D eigenvalue weighted by molar-refractivity contribution is 8.01. The summed E-state index contributed by atoms with van der Waals surface area (Å²) in [6.45, 7) is 0. The lowest BCUT2D eigenvalue weighted by molar-refractivity contribution is -0.142. The van der Waals surface area contributed by atoms with Crippen LogP contribution in [0, 0.1) is 0 Å². The molecule has 1 aromatic heterocycles. The number of benzene rings is 1. The maximum absolute atomic E-state index is 11.4. The summed E-state index contributed by atoms with van der Waals surface area (Å²) in [5, 5.41) is 10.5. The molecular weight excluding hydrogens is 246 g/mol. The van der Waals surface area contributed by atoms with Crippen molar-refractivity contribution in [1.82, 2.24) is 4.57 Å². The van der Waals surface area contributed by atoms with Gasteiger partial charge in [-0.2, -0.15) is 0 Å². The summed E-state index contributed by atoms with van der Waals surface area (Å²) in [4.78, 5) is 12.5. The summed E-state index contributed by atoms with van der Waals surface area (Å²) >= 11 is 1.52. The summed E-state index contributed by atoms with van der Waals surface area (Å²) in [5.74, 6) is -0.674. The standard InChI is InChI=1S/C14H15NO2S/c1-15-9-12(10-5-2-3-6-11(10)15)18-14(13(16)17)7-4-8-14/h2-3,5-6,9H,4,7-8H2,1H3,(H,16,17). The van der Waals surface area contributed by atoms with Crippen molar-refractivity contribution in [2.24, 2.45) is 7.05 Å². The van der Waals surface area contributed by atoms with Gasteiger partial charge in [-0.15, -0.1) is 11.8 Å². The van der Waals surface area contributed by atoms with Gasteiger partial charge >= 0.3 is 5.97 Å². The van der Waals surface area contributed by atoms with E-state index in [1.54, 1.807) is 0 Å². The average molecular weight is 261 g/mol. The first-order chi connectivity index (χ1) is 8.62. The van der Waals surface area contributed by atoms with Gasteiger partial charge in [0.15, 0.2) is 0 Å². The second kappa shape index (κ2) is 4.05. The number of rotatable bonds is 3. The maximum Gasteiger partial charge on any atom is 0.320 e. The molecule has 1 aromatic carbocycles. The van der Waals surface area contributed by atoms with Crippen LogP contribution in [0.15, 0.2) is 35.4 Å². The number of nitrogens with zero attached hydrogens (tertiary/aromatic N) is 1. The van der Waals surface area contributed by atoms with Crippen LogP contribution in [0.5, 0.6) is 0 Å². The number of aliphatic carboxylic acids is 1. The van der Waals surface area contributed by atoms with Crippen molar-refractivity contribution < 1.29 is 9.90 Å². The van der Waals surface area contributed by atoms with Gasteiger partial charge in [-0.25, -0.2) is 0 Å². The summed E-state index contributed by atoms with van der Waals surface area (Å²) < 4.78 is 1.47. The molecule has 1 aliphatic carbocycles. The van der Waals surface area contributed by atoms with E-state index in [-0.39, 0.29) is 0 Å². The lowest BCUT2D eigenvalue weighted by Gasteiger charge is -2.36. The van der Waals surface area contributed by atoms with Crippen molar-refractivity contribution in [3.8, 4) is 0 Å². The first-order valence-corrected chi connectivity index (χ1v) is 6.90. The Morgan fingerprint density at radius 1 is 1.39 bits per heavy atom. The molecule has 0 radical (unpaired) electrons. The molecule has 0 amide bonds. The molecule has 1 saturated carbocycles. The highest BCUT2D eigenvalue weighted by Crippen LogP contribution is 2.49. The molecule has 1 heterocycles. The Morgan fingerprint density at radius 2 is 2.11 bits per heavy atom. The molecule has 0 saturated heterocycles. The molecule has 0 bridgehead atoms. The summed E-state index contributed by atoms with van der Waals surface area (Å²) in [5.41, 5.74) is 1.15. The zero-order chi connectivity index (χ0) is 12.8. The Morgan fingerprint density at radius 3 is 2.72 bits per heavy atom. The number of aromatic nitrogens is 1. The van der Waals surface area contributed by atoms with Crippen molar-refractivity contribution in [3.63, 3.8) is 0 Å². The van der Waals surface area contributed by atoms with Gasteiger partial charge in [0.05, 0.1) is 0 Å². The van der Waals surface area contributed by atoms with E-state index in [0.717, 1.165) is 35.1 Å². The lowest BCUT2D eigenvalue weighted by atomic mass is 9.84. The zero-order valence-corrected chi connectivity index (χ0v) is 11.0. The molecule has 18 heavy (non-hydrogen) atoms. The number of fused-ring (bicyclic) bond motifs is 1. The van der Waals surface area contributed by atoms with Gasteiger partial charge in [0.1, 0.15) is 4.75 Å². The third-order valence-corrected chi connectivity index (χ3v) is 5.24. The monoisotopic (exact) mass is 261 g/mol. The fourth-order valence-corrected chi connectivity index (χ4v) is 3.95. The highest BCUT2D eigenvalue weighted by atomic mass is 32.2. The van der Waals surface area contributed by atoms with E-state index in [0.29, 0.717) is 0 Å². The van der Waals surface area contributed by atoms with Gasteiger partial charge in [-0.1, -0.05) is 18.2 Å². The number of carboxylic acid groups (broad SMARTS) is 1. The Kier molecular flexibility index (Phi) is 2.63. The smallest absolute Gasteiger partial charge is 0.320 e. The van der Waals surface area contributed by atoms with E-state index in [1.165, 1.54) is 11.8 Å². The Labute approximate surface area is 110 Å². The molecule has 0 atom stereocenters. The van der Waals surface area contributed by atoms with Crippen LogP contribution in [-0.4, -0.2) is 20.4 Å². The minimum absolute atomic E-state index is 0.593. The van der Waals surface area contributed by atoms with E-state index >= 15 is 0 Å². The fraction of sp³-hybridized carbons (Fsp3) is 0.357. The Balaban J connectivity index is 2.03. The van der Waals surface area contributed by atoms with Crippen LogP contribution >= 0.6 is 11.8 Å². The van der Waals surface area contributed by atoms with Crippen molar-refractivity contribution in [2.75, 3.05) is 0 Å². The van der Waals surface area contributed by atoms with Crippen molar-refractivity contribution in [1.29, 1.82) is 0 Å². The minimum Gasteiger partial charge on any atom is -0.480 e. The van der Waals surface area contributed by atoms with E-state index < -0.39 is 10.7 Å². The molecule has 2 aromatic rings. The number of thioether (sulfide) groups is 1. The molecule has 1 N–H and O–H groups in total. The summed E-state index contributed by atoms with van der Waals surface area (Å²) in [6, 6.07) is 8.13. The van der Waals surface area contributed by atoms with Gasteiger partial charge in [0.2, 0.25) is 0 Å². The summed E-state index contributed by atoms with van der Waals surface area (Å²) in [7, 11) is 2.00. The molecule has 4 heteroatoms. The molecule has 1 aliphatic rings. The Bertz CT molecular complexity index is 613. The van der Waals surface area contributed by atoms with Crippen LogP contribution in [0.1, 0.15) is 19.3 Å². The molecule has 0 unspecified atom stereocenters. The summed E-state index contributed by atoms with van der Waals surface area (Å²) in [6.07, 6.45) is 4.61. The number of para-hydroxylation sites is 1. The van der Waals surface area contributed by atoms with Crippen LogP contribution in [0.2, 0.25) is 0 Å². The lowest BCUT2D eigenvalue weighted by Crippen LogP contribution is -2.41. The van der Waals surface area contributed by atoms with Gasteiger partial charge in [0, 0.05) is 29.0 Å². The maximum atomic E-state index is 11.4. The topological polar surface area (TPSA) is 42.2 Å². The van der Waals surface area contributed by atoms with E-state index in [9.17, 15) is 9.90 Å². The SMILES string of the molecule is Cn1cc(SC2(C(=O)O)CCC2)c2ccccc21. The third kappa shape index (κ3) is 1.63. The molecule has 0 spiro atoms. The van der Waals surface area contributed by atoms with E-state index in [2.05, 4.69) is 16.7 Å². The largest absolute Gasteiger partial charge is 0.480 e. The van der Waals surface area contributed by atoms with Crippen LogP contribution in [0.4, 0.5) is 0 Å². The predicted octanol–water partition coefficient (Wildman–Crippen LogP) is 3.28. The third-order valence-electron chi connectivity index (χ3n) is 3.72. The normalized spacial score (nSPS) is 17.6. The first-order valence-electron chi connectivity index (χ1n) is 6.09. The van der Waals surface area contributed by atoms with Gasteiger partial charge in [0.25, 0.3) is 0 Å². The van der Waals surface area contributed by atoms with Crippen LogP contribution in [0.25, 0.3) is 10.9 Å². The molecular formula is C14H15NO2S.